The molecule has 0 aromatic heterocycles. The lowest BCUT2D eigenvalue weighted by atomic mass is 10.0. The van der Waals surface area contributed by atoms with Crippen LogP contribution >= 0.6 is 15.9 Å². The summed E-state index contributed by atoms with van der Waals surface area (Å²) in [5.74, 6) is 0. The molecule has 1 aliphatic heterocycles. The molecule has 0 atom stereocenters. The summed E-state index contributed by atoms with van der Waals surface area (Å²) in [7, 11) is 0. The van der Waals surface area contributed by atoms with Gasteiger partial charge in [-0.25, -0.2) is 0 Å². The Bertz CT molecular complexity index is 658. The van der Waals surface area contributed by atoms with E-state index in [0.717, 1.165) is 29.5 Å². The van der Waals surface area contributed by atoms with Crippen LogP contribution in [0.5, 0.6) is 0 Å². The maximum Gasteiger partial charge on any atom is 0.0992 e. The van der Waals surface area contributed by atoms with Crippen LogP contribution < -0.4 is 4.90 Å². The molecule has 0 saturated heterocycles. The normalized spacial score (nSPS) is 13.8. The van der Waals surface area contributed by atoms with Gasteiger partial charge >= 0.3 is 0 Å². The van der Waals surface area contributed by atoms with Crippen molar-refractivity contribution in [3.8, 4) is 6.07 Å². The zero-order chi connectivity index (χ0) is 13.2. The summed E-state index contributed by atoms with van der Waals surface area (Å²) in [6, 6.07) is 16.5. The van der Waals surface area contributed by atoms with Crippen LogP contribution in [0, 0.1) is 11.3 Å². The van der Waals surface area contributed by atoms with Gasteiger partial charge in [0.2, 0.25) is 0 Å². The van der Waals surface area contributed by atoms with Crippen LogP contribution in [0.3, 0.4) is 0 Å². The number of benzene rings is 2. The Balaban J connectivity index is 2.07. The summed E-state index contributed by atoms with van der Waals surface area (Å²) in [5, 5.41) is 8.94. The fourth-order valence-corrected chi connectivity index (χ4v) is 3.17. The minimum Gasteiger partial charge on any atom is -0.340 e. The number of anilines is 2. The van der Waals surface area contributed by atoms with Crippen LogP contribution in [-0.2, 0) is 6.42 Å². The number of nitriles is 1. The monoisotopic (exact) mass is 312 g/mol. The van der Waals surface area contributed by atoms with Crippen molar-refractivity contribution in [2.45, 2.75) is 12.8 Å². The highest BCUT2D eigenvalue weighted by Gasteiger charge is 2.19. The first kappa shape index (κ1) is 12.3. The van der Waals surface area contributed by atoms with E-state index in [1.807, 2.05) is 18.2 Å². The van der Waals surface area contributed by atoms with E-state index in [1.54, 1.807) is 0 Å². The standard InChI is InChI=1S/C16H13BrN2/c17-14-10-12(11-18)7-8-16(14)19-9-3-5-13-4-1-2-6-15(13)19/h1-2,4,6-8,10H,3,5,9H2. The Hall–Kier alpha value is -1.79. The zero-order valence-corrected chi connectivity index (χ0v) is 12.0. The molecule has 2 aromatic carbocycles. The van der Waals surface area contributed by atoms with Gasteiger partial charge in [-0.3, -0.25) is 0 Å². The van der Waals surface area contributed by atoms with Crippen molar-refractivity contribution in [3.63, 3.8) is 0 Å². The zero-order valence-electron chi connectivity index (χ0n) is 10.4. The van der Waals surface area contributed by atoms with E-state index in [-0.39, 0.29) is 0 Å². The summed E-state index contributed by atoms with van der Waals surface area (Å²) in [6.45, 7) is 1.02. The van der Waals surface area contributed by atoms with Crippen molar-refractivity contribution in [1.29, 1.82) is 5.26 Å². The summed E-state index contributed by atoms with van der Waals surface area (Å²) in [4.78, 5) is 2.32. The second-order valence-electron chi connectivity index (χ2n) is 4.66. The smallest absolute Gasteiger partial charge is 0.0992 e. The quantitative estimate of drug-likeness (QED) is 0.780. The number of nitrogens with zero attached hydrogens (tertiary/aromatic N) is 2. The SMILES string of the molecule is N#Cc1ccc(N2CCCc3ccccc32)c(Br)c1. The summed E-state index contributed by atoms with van der Waals surface area (Å²) < 4.78 is 0.975. The molecule has 0 bridgehead atoms. The Morgan fingerprint density at radius 3 is 2.74 bits per heavy atom. The summed E-state index contributed by atoms with van der Waals surface area (Å²) in [5.41, 5.74) is 4.48. The molecule has 0 radical (unpaired) electrons. The lowest BCUT2D eigenvalue weighted by molar-refractivity contribution is 0.766. The lowest BCUT2D eigenvalue weighted by Crippen LogP contribution is -2.24. The minimum absolute atomic E-state index is 0.681. The van der Waals surface area contributed by atoms with Crippen LogP contribution in [0.15, 0.2) is 46.9 Å². The van der Waals surface area contributed by atoms with Gasteiger partial charge in [-0.15, -0.1) is 0 Å². The van der Waals surface area contributed by atoms with Crippen molar-refractivity contribution in [3.05, 3.63) is 58.1 Å². The van der Waals surface area contributed by atoms with Gasteiger partial charge < -0.3 is 4.90 Å². The van der Waals surface area contributed by atoms with E-state index in [1.165, 1.54) is 11.3 Å². The lowest BCUT2D eigenvalue weighted by Gasteiger charge is -2.32. The first-order chi connectivity index (χ1) is 9.29. The van der Waals surface area contributed by atoms with E-state index in [2.05, 4.69) is 51.2 Å². The maximum absolute atomic E-state index is 8.94. The van der Waals surface area contributed by atoms with Crippen LogP contribution in [-0.4, -0.2) is 6.54 Å². The second kappa shape index (κ2) is 5.07. The molecule has 0 unspecified atom stereocenters. The van der Waals surface area contributed by atoms with E-state index in [4.69, 9.17) is 5.26 Å². The molecule has 1 heterocycles. The molecule has 1 aliphatic rings. The molecule has 2 nitrogen and oxygen atoms in total. The third-order valence-electron chi connectivity index (χ3n) is 3.48. The molecule has 3 rings (SSSR count). The topological polar surface area (TPSA) is 27.0 Å². The number of halogens is 1. The summed E-state index contributed by atoms with van der Waals surface area (Å²) in [6.07, 6.45) is 2.30. The van der Waals surface area contributed by atoms with Crippen molar-refractivity contribution >= 4 is 27.3 Å². The van der Waals surface area contributed by atoms with E-state index in [9.17, 15) is 0 Å². The molecule has 94 valence electrons. The average Bonchev–Trinajstić information content (AvgIpc) is 2.46. The Morgan fingerprint density at radius 1 is 1.11 bits per heavy atom. The fraction of sp³-hybridized carbons (Fsp3) is 0.188. The van der Waals surface area contributed by atoms with Crippen LogP contribution in [0.1, 0.15) is 17.5 Å². The molecule has 0 aliphatic carbocycles. The van der Waals surface area contributed by atoms with E-state index in [0.29, 0.717) is 5.56 Å². The Morgan fingerprint density at radius 2 is 1.95 bits per heavy atom. The predicted molar refractivity (Wildman–Crippen MR) is 80.6 cm³/mol. The molecule has 3 heteroatoms. The van der Waals surface area contributed by atoms with Gasteiger partial charge in [0, 0.05) is 16.7 Å². The number of fused-ring (bicyclic) bond motifs is 1. The average molecular weight is 313 g/mol. The van der Waals surface area contributed by atoms with Gasteiger partial charge in [0.15, 0.2) is 0 Å². The number of hydrogen-bond acceptors (Lipinski definition) is 2. The minimum atomic E-state index is 0.681. The molecule has 19 heavy (non-hydrogen) atoms. The molecule has 0 amide bonds. The molecular formula is C16H13BrN2. The highest BCUT2D eigenvalue weighted by atomic mass is 79.9. The third-order valence-corrected chi connectivity index (χ3v) is 4.11. The molecule has 0 saturated carbocycles. The molecular weight excluding hydrogens is 300 g/mol. The van der Waals surface area contributed by atoms with Gasteiger partial charge in [-0.2, -0.15) is 5.26 Å². The predicted octanol–water partition coefficient (Wildman–Crippen LogP) is 4.41. The van der Waals surface area contributed by atoms with Crippen molar-refractivity contribution in [1.82, 2.24) is 0 Å². The highest BCUT2D eigenvalue weighted by Crippen LogP contribution is 2.37. The van der Waals surface area contributed by atoms with Crippen LogP contribution in [0.2, 0.25) is 0 Å². The Labute approximate surface area is 121 Å². The fourth-order valence-electron chi connectivity index (χ4n) is 2.58. The van der Waals surface area contributed by atoms with Gasteiger partial charge in [-0.1, -0.05) is 18.2 Å². The highest BCUT2D eigenvalue weighted by molar-refractivity contribution is 9.10. The van der Waals surface area contributed by atoms with Gasteiger partial charge in [-0.05, 0) is 58.6 Å². The van der Waals surface area contributed by atoms with Crippen molar-refractivity contribution < 1.29 is 0 Å². The van der Waals surface area contributed by atoms with Crippen LogP contribution in [0.25, 0.3) is 0 Å². The van der Waals surface area contributed by atoms with Crippen molar-refractivity contribution in [2.24, 2.45) is 0 Å². The molecule has 0 fully saturated rings. The molecule has 2 aromatic rings. The van der Waals surface area contributed by atoms with Gasteiger partial charge in [0.05, 0.1) is 17.3 Å². The van der Waals surface area contributed by atoms with Gasteiger partial charge in [0.25, 0.3) is 0 Å². The summed E-state index contributed by atoms with van der Waals surface area (Å²) >= 11 is 3.58. The van der Waals surface area contributed by atoms with Crippen LogP contribution in [0.4, 0.5) is 11.4 Å². The molecule has 0 N–H and O–H groups in total. The van der Waals surface area contributed by atoms with E-state index >= 15 is 0 Å². The third kappa shape index (κ3) is 2.24. The van der Waals surface area contributed by atoms with Crippen molar-refractivity contribution in [2.75, 3.05) is 11.4 Å². The second-order valence-corrected chi connectivity index (χ2v) is 5.52. The first-order valence-corrected chi connectivity index (χ1v) is 7.14. The first-order valence-electron chi connectivity index (χ1n) is 6.34. The maximum atomic E-state index is 8.94. The number of aryl methyl sites for hydroxylation is 1. The number of para-hydroxylation sites is 1. The largest absolute Gasteiger partial charge is 0.340 e. The Kier molecular flexibility index (Phi) is 3.27. The van der Waals surface area contributed by atoms with Gasteiger partial charge in [0.1, 0.15) is 0 Å². The number of rotatable bonds is 1. The number of hydrogen-bond donors (Lipinski definition) is 0. The molecule has 0 spiro atoms. The van der Waals surface area contributed by atoms with E-state index < -0.39 is 0 Å².